The number of carbonyl (C=O) groups excluding carboxylic acids is 1. The Morgan fingerprint density at radius 3 is 2.59 bits per heavy atom. The third kappa shape index (κ3) is 3.79. The standard InChI is InChI=1S/C23H23FN4O/c24-19-6-2-4-17(14-19)16-3-1-5-18(13-16)23(29)25-20-9-10-21-26-27-22(15-7-8-15)28(21)12-11-20/h1-6,13-15,20H,7-12H2,(H,25,29). The van der Waals surface area contributed by atoms with Crippen molar-refractivity contribution in [1.82, 2.24) is 20.1 Å². The highest BCUT2D eigenvalue weighted by molar-refractivity contribution is 5.95. The molecule has 0 bridgehead atoms. The van der Waals surface area contributed by atoms with Gasteiger partial charge in [-0.2, -0.15) is 0 Å². The molecular weight excluding hydrogens is 367 g/mol. The van der Waals surface area contributed by atoms with Crippen molar-refractivity contribution in [3.8, 4) is 11.1 Å². The Balaban J connectivity index is 1.28. The molecule has 2 aromatic carbocycles. The van der Waals surface area contributed by atoms with Gasteiger partial charge in [0.25, 0.3) is 5.91 Å². The number of nitrogens with one attached hydrogen (secondary N) is 1. The second kappa shape index (κ2) is 7.43. The van der Waals surface area contributed by atoms with Crippen molar-refractivity contribution in [2.45, 2.75) is 50.6 Å². The maximum Gasteiger partial charge on any atom is 0.251 e. The van der Waals surface area contributed by atoms with E-state index in [1.54, 1.807) is 12.1 Å². The maximum atomic E-state index is 13.5. The molecule has 5 nitrogen and oxygen atoms in total. The van der Waals surface area contributed by atoms with E-state index in [-0.39, 0.29) is 17.8 Å². The molecule has 29 heavy (non-hydrogen) atoms. The molecule has 5 rings (SSSR count). The van der Waals surface area contributed by atoms with Crippen LogP contribution in [0.1, 0.15) is 53.6 Å². The molecule has 1 aliphatic carbocycles. The van der Waals surface area contributed by atoms with E-state index in [4.69, 9.17) is 0 Å². The Hall–Kier alpha value is -3.02. The maximum absolute atomic E-state index is 13.5. The van der Waals surface area contributed by atoms with E-state index in [1.807, 2.05) is 24.3 Å². The number of nitrogens with zero attached hydrogens (tertiary/aromatic N) is 3. The van der Waals surface area contributed by atoms with Crippen LogP contribution in [0.25, 0.3) is 11.1 Å². The SMILES string of the molecule is O=C(NC1CCc2nnc(C3CC3)n2CC1)c1cccc(-c2cccc(F)c2)c1. The summed E-state index contributed by atoms with van der Waals surface area (Å²) in [7, 11) is 0. The van der Waals surface area contributed by atoms with Crippen molar-refractivity contribution < 1.29 is 9.18 Å². The van der Waals surface area contributed by atoms with Crippen molar-refractivity contribution in [2.24, 2.45) is 0 Å². The summed E-state index contributed by atoms with van der Waals surface area (Å²) in [5.74, 6) is 2.36. The monoisotopic (exact) mass is 390 g/mol. The number of carbonyl (C=O) groups is 1. The Kier molecular flexibility index (Phi) is 4.62. The lowest BCUT2D eigenvalue weighted by Crippen LogP contribution is -2.35. The van der Waals surface area contributed by atoms with E-state index in [1.165, 1.54) is 25.0 Å². The van der Waals surface area contributed by atoms with Gasteiger partial charge in [0.2, 0.25) is 0 Å². The first kappa shape index (κ1) is 18.0. The summed E-state index contributed by atoms with van der Waals surface area (Å²) in [6.45, 7) is 0.850. The first-order valence-corrected chi connectivity index (χ1v) is 10.3. The van der Waals surface area contributed by atoms with Gasteiger partial charge in [-0.25, -0.2) is 4.39 Å². The predicted molar refractivity (Wildman–Crippen MR) is 108 cm³/mol. The molecule has 148 valence electrons. The summed E-state index contributed by atoms with van der Waals surface area (Å²) >= 11 is 0. The summed E-state index contributed by atoms with van der Waals surface area (Å²) in [5, 5.41) is 11.9. The number of fused-ring (bicyclic) bond motifs is 1. The first-order valence-electron chi connectivity index (χ1n) is 10.3. The van der Waals surface area contributed by atoms with Crippen LogP contribution in [0.3, 0.4) is 0 Å². The van der Waals surface area contributed by atoms with Gasteiger partial charge >= 0.3 is 0 Å². The van der Waals surface area contributed by atoms with Crippen LogP contribution in [0.2, 0.25) is 0 Å². The number of halogens is 1. The van der Waals surface area contributed by atoms with Crippen molar-refractivity contribution in [1.29, 1.82) is 0 Å². The number of rotatable bonds is 4. The van der Waals surface area contributed by atoms with Gasteiger partial charge in [0.15, 0.2) is 0 Å². The molecule has 1 amide bonds. The number of hydrogen-bond donors (Lipinski definition) is 1. The fourth-order valence-corrected chi connectivity index (χ4v) is 4.07. The Bertz CT molecular complexity index is 1060. The number of amides is 1. The summed E-state index contributed by atoms with van der Waals surface area (Å²) < 4.78 is 15.8. The lowest BCUT2D eigenvalue weighted by Gasteiger charge is -2.16. The average molecular weight is 390 g/mol. The molecule has 1 unspecified atom stereocenters. The smallest absolute Gasteiger partial charge is 0.251 e. The first-order chi connectivity index (χ1) is 14.2. The van der Waals surface area contributed by atoms with Gasteiger partial charge in [0, 0.05) is 30.5 Å². The zero-order valence-electron chi connectivity index (χ0n) is 16.1. The Morgan fingerprint density at radius 1 is 1.00 bits per heavy atom. The highest BCUT2D eigenvalue weighted by Gasteiger charge is 2.31. The van der Waals surface area contributed by atoms with Crippen molar-refractivity contribution in [2.75, 3.05) is 0 Å². The second-order valence-corrected chi connectivity index (χ2v) is 7.99. The minimum atomic E-state index is -0.284. The van der Waals surface area contributed by atoms with Gasteiger partial charge in [-0.05, 0) is 61.1 Å². The molecule has 1 fully saturated rings. The molecule has 6 heteroatoms. The number of benzene rings is 2. The van der Waals surface area contributed by atoms with Gasteiger partial charge in [-0.3, -0.25) is 4.79 Å². The topological polar surface area (TPSA) is 59.8 Å². The largest absolute Gasteiger partial charge is 0.349 e. The minimum absolute atomic E-state index is 0.0895. The fraction of sp³-hybridized carbons (Fsp3) is 0.348. The van der Waals surface area contributed by atoms with Gasteiger partial charge in [-0.15, -0.1) is 10.2 Å². The number of aromatic nitrogens is 3. The van der Waals surface area contributed by atoms with Crippen LogP contribution in [-0.2, 0) is 13.0 Å². The van der Waals surface area contributed by atoms with Crippen molar-refractivity contribution >= 4 is 5.91 Å². The second-order valence-electron chi connectivity index (χ2n) is 7.99. The summed E-state index contributed by atoms with van der Waals surface area (Å²) in [5.41, 5.74) is 2.19. The van der Waals surface area contributed by atoms with Crippen LogP contribution in [0.5, 0.6) is 0 Å². The number of aryl methyl sites for hydroxylation is 1. The summed E-state index contributed by atoms with van der Waals surface area (Å²) in [6, 6.07) is 13.9. The van der Waals surface area contributed by atoms with Gasteiger partial charge < -0.3 is 9.88 Å². The van der Waals surface area contributed by atoms with E-state index in [2.05, 4.69) is 20.1 Å². The van der Waals surface area contributed by atoms with E-state index in [0.29, 0.717) is 11.5 Å². The molecule has 1 aliphatic heterocycles. The number of hydrogen-bond acceptors (Lipinski definition) is 3. The van der Waals surface area contributed by atoms with Crippen molar-refractivity contribution in [3.63, 3.8) is 0 Å². The molecule has 1 N–H and O–H groups in total. The molecule has 0 radical (unpaired) electrons. The molecular formula is C23H23FN4O. The molecule has 2 aliphatic rings. The molecule has 1 aromatic heterocycles. The molecule has 2 heterocycles. The highest BCUT2D eigenvalue weighted by Crippen LogP contribution is 2.39. The van der Waals surface area contributed by atoms with Crippen molar-refractivity contribution in [3.05, 3.63) is 71.6 Å². The molecule has 0 saturated heterocycles. The van der Waals surface area contributed by atoms with Gasteiger partial charge in [0.05, 0.1) is 0 Å². The third-order valence-corrected chi connectivity index (χ3v) is 5.83. The lowest BCUT2D eigenvalue weighted by molar-refractivity contribution is 0.0933. The zero-order valence-corrected chi connectivity index (χ0v) is 16.1. The predicted octanol–water partition coefficient (Wildman–Crippen LogP) is 4.10. The van der Waals surface area contributed by atoms with Gasteiger partial charge in [0.1, 0.15) is 17.5 Å². The van der Waals surface area contributed by atoms with Crippen LogP contribution in [0.4, 0.5) is 4.39 Å². The van der Waals surface area contributed by atoms with E-state index in [0.717, 1.165) is 48.6 Å². The van der Waals surface area contributed by atoms with Crippen LogP contribution in [0, 0.1) is 5.82 Å². The third-order valence-electron chi connectivity index (χ3n) is 5.83. The normalized spacial score (nSPS) is 18.7. The molecule has 0 spiro atoms. The summed E-state index contributed by atoms with van der Waals surface area (Å²) in [4.78, 5) is 12.9. The van der Waals surface area contributed by atoms with E-state index in [9.17, 15) is 9.18 Å². The Morgan fingerprint density at radius 2 is 1.79 bits per heavy atom. The lowest BCUT2D eigenvalue weighted by atomic mass is 10.0. The summed E-state index contributed by atoms with van der Waals surface area (Å²) in [6.07, 6.45) is 4.98. The molecule has 3 aromatic rings. The highest BCUT2D eigenvalue weighted by atomic mass is 19.1. The van der Waals surface area contributed by atoms with Crippen LogP contribution in [0.15, 0.2) is 48.5 Å². The van der Waals surface area contributed by atoms with E-state index >= 15 is 0 Å². The average Bonchev–Trinajstić information content (AvgIpc) is 3.53. The van der Waals surface area contributed by atoms with Crippen LogP contribution in [-0.4, -0.2) is 26.7 Å². The molecule has 1 atom stereocenters. The van der Waals surface area contributed by atoms with Crippen LogP contribution >= 0.6 is 0 Å². The minimum Gasteiger partial charge on any atom is -0.349 e. The quantitative estimate of drug-likeness (QED) is 0.730. The van der Waals surface area contributed by atoms with Gasteiger partial charge in [-0.1, -0.05) is 24.3 Å². The van der Waals surface area contributed by atoms with Crippen LogP contribution < -0.4 is 5.32 Å². The van der Waals surface area contributed by atoms with E-state index < -0.39 is 0 Å². The Labute approximate surface area is 169 Å². The fourth-order valence-electron chi connectivity index (χ4n) is 4.07. The zero-order chi connectivity index (χ0) is 19.8. The molecule has 1 saturated carbocycles.